The first kappa shape index (κ1) is 12.7. The first-order chi connectivity index (χ1) is 9.15. The van der Waals surface area contributed by atoms with Gasteiger partial charge in [-0.2, -0.15) is 0 Å². The molecule has 1 aliphatic rings. The van der Waals surface area contributed by atoms with Crippen LogP contribution in [-0.4, -0.2) is 0 Å². The quantitative estimate of drug-likeness (QED) is 0.896. The first-order valence-electron chi connectivity index (χ1n) is 6.40. The van der Waals surface area contributed by atoms with Crippen LogP contribution in [0.4, 0.5) is 0 Å². The van der Waals surface area contributed by atoms with E-state index < -0.39 is 0 Å². The third-order valence-electron chi connectivity index (χ3n) is 3.55. The lowest BCUT2D eigenvalue weighted by atomic mass is 9.98. The van der Waals surface area contributed by atoms with Gasteiger partial charge in [-0.25, -0.2) is 0 Å². The minimum absolute atomic E-state index is 0.0463. The third kappa shape index (κ3) is 2.39. The van der Waals surface area contributed by atoms with Crippen LogP contribution in [0.2, 0.25) is 5.02 Å². The summed E-state index contributed by atoms with van der Waals surface area (Å²) in [6, 6.07) is 12.4. The number of fused-ring (bicyclic) bond motifs is 1. The second-order valence-electron chi connectivity index (χ2n) is 5.00. The zero-order valence-corrected chi connectivity index (χ0v) is 11.6. The smallest absolute Gasteiger partial charge is 0.0725 e. The monoisotopic (exact) mass is 273 g/mol. The van der Waals surface area contributed by atoms with Gasteiger partial charge in [-0.3, -0.25) is 0 Å². The normalized spacial score (nSPS) is 15.3. The summed E-state index contributed by atoms with van der Waals surface area (Å²) < 4.78 is 5.44. The molecule has 3 heteroatoms. The van der Waals surface area contributed by atoms with E-state index in [0.717, 1.165) is 22.8 Å². The largest absolute Gasteiger partial charge is 0.372 e. The fourth-order valence-corrected chi connectivity index (χ4v) is 2.78. The Morgan fingerprint density at radius 1 is 1.05 bits per heavy atom. The van der Waals surface area contributed by atoms with E-state index in [2.05, 4.69) is 24.3 Å². The summed E-state index contributed by atoms with van der Waals surface area (Å²) >= 11 is 6.29. The van der Waals surface area contributed by atoms with Crippen LogP contribution in [0.25, 0.3) is 11.1 Å². The van der Waals surface area contributed by atoms with Crippen LogP contribution in [0.5, 0.6) is 0 Å². The molecule has 2 N–H and O–H groups in total. The predicted molar refractivity (Wildman–Crippen MR) is 78.0 cm³/mol. The van der Waals surface area contributed by atoms with Crippen molar-refractivity contribution in [1.82, 2.24) is 0 Å². The summed E-state index contributed by atoms with van der Waals surface area (Å²) in [4.78, 5) is 0. The van der Waals surface area contributed by atoms with Crippen LogP contribution in [0.3, 0.4) is 0 Å². The van der Waals surface area contributed by atoms with Gasteiger partial charge in [-0.1, -0.05) is 35.9 Å². The summed E-state index contributed by atoms with van der Waals surface area (Å²) in [6.45, 7) is 3.36. The highest BCUT2D eigenvalue weighted by Gasteiger charge is 2.13. The van der Waals surface area contributed by atoms with E-state index in [4.69, 9.17) is 22.1 Å². The zero-order valence-electron chi connectivity index (χ0n) is 10.8. The van der Waals surface area contributed by atoms with Crippen LogP contribution in [0.1, 0.15) is 29.7 Å². The molecule has 2 aromatic rings. The lowest BCUT2D eigenvalue weighted by Gasteiger charge is -2.11. The molecule has 1 atom stereocenters. The van der Waals surface area contributed by atoms with Gasteiger partial charge < -0.3 is 10.5 Å². The lowest BCUT2D eigenvalue weighted by molar-refractivity contribution is 0.134. The summed E-state index contributed by atoms with van der Waals surface area (Å²) in [5.74, 6) is 0. The molecular weight excluding hydrogens is 258 g/mol. The standard InChI is InChI=1S/C16H16ClNO/c1-10(18)15-5-4-12(7-16(15)17)11-2-3-13-8-19-9-14(13)6-11/h2-7,10H,8-9,18H2,1H3. The molecule has 0 fully saturated rings. The Hall–Kier alpha value is -1.35. The molecule has 1 aliphatic heterocycles. The fraction of sp³-hybridized carbons (Fsp3) is 0.250. The van der Waals surface area contributed by atoms with E-state index in [1.54, 1.807) is 0 Å². The van der Waals surface area contributed by atoms with Crippen molar-refractivity contribution in [3.63, 3.8) is 0 Å². The number of benzene rings is 2. The van der Waals surface area contributed by atoms with Crippen LogP contribution in [0, 0.1) is 0 Å². The van der Waals surface area contributed by atoms with Crippen molar-refractivity contribution < 1.29 is 4.74 Å². The minimum Gasteiger partial charge on any atom is -0.372 e. The molecule has 1 unspecified atom stereocenters. The first-order valence-corrected chi connectivity index (χ1v) is 6.78. The number of hydrogen-bond donors (Lipinski definition) is 1. The molecule has 2 nitrogen and oxygen atoms in total. The van der Waals surface area contributed by atoms with Crippen LogP contribution < -0.4 is 5.73 Å². The molecule has 0 saturated heterocycles. The molecule has 0 radical (unpaired) electrons. The van der Waals surface area contributed by atoms with Crippen LogP contribution >= 0.6 is 11.6 Å². The van der Waals surface area contributed by atoms with Gasteiger partial charge in [0.25, 0.3) is 0 Å². The second kappa shape index (κ2) is 4.97. The highest BCUT2D eigenvalue weighted by atomic mass is 35.5. The Morgan fingerprint density at radius 3 is 2.47 bits per heavy atom. The van der Waals surface area contributed by atoms with Crippen molar-refractivity contribution in [2.24, 2.45) is 5.73 Å². The maximum absolute atomic E-state index is 6.29. The Kier molecular flexibility index (Phi) is 3.31. The maximum Gasteiger partial charge on any atom is 0.0725 e. The van der Waals surface area contributed by atoms with E-state index in [9.17, 15) is 0 Å². The average Bonchev–Trinajstić information content (AvgIpc) is 2.85. The third-order valence-corrected chi connectivity index (χ3v) is 3.87. The number of hydrogen-bond acceptors (Lipinski definition) is 2. The summed E-state index contributed by atoms with van der Waals surface area (Å²) in [6.07, 6.45) is 0. The predicted octanol–water partition coefficient (Wildman–Crippen LogP) is 4.06. The van der Waals surface area contributed by atoms with Crippen LogP contribution in [0.15, 0.2) is 36.4 Å². The molecule has 19 heavy (non-hydrogen) atoms. The Balaban J connectivity index is 2.00. The number of ether oxygens (including phenoxy) is 1. The molecule has 3 rings (SSSR count). The van der Waals surface area contributed by atoms with Crippen molar-refractivity contribution in [2.45, 2.75) is 26.2 Å². The van der Waals surface area contributed by atoms with Gasteiger partial charge in [-0.15, -0.1) is 0 Å². The number of rotatable bonds is 2. The van der Waals surface area contributed by atoms with Gasteiger partial charge in [0.15, 0.2) is 0 Å². The molecule has 98 valence electrons. The zero-order chi connectivity index (χ0) is 13.4. The maximum atomic E-state index is 6.29. The Morgan fingerprint density at radius 2 is 1.74 bits per heavy atom. The Bertz CT molecular complexity index is 622. The van der Waals surface area contributed by atoms with Crippen molar-refractivity contribution >= 4 is 11.6 Å². The lowest BCUT2D eigenvalue weighted by Crippen LogP contribution is -2.05. The summed E-state index contributed by atoms with van der Waals surface area (Å²) in [5, 5.41) is 0.726. The molecule has 0 aromatic heterocycles. The highest BCUT2D eigenvalue weighted by molar-refractivity contribution is 6.31. The van der Waals surface area contributed by atoms with Gasteiger partial charge in [-0.05, 0) is 46.9 Å². The molecule has 0 amide bonds. The number of nitrogens with two attached hydrogens (primary N) is 1. The molecular formula is C16H16ClNO. The van der Waals surface area contributed by atoms with E-state index >= 15 is 0 Å². The molecule has 0 spiro atoms. The number of halogens is 1. The Labute approximate surface area is 118 Å². The minimum atomic E-state index is -0.0463. The van der Waals surface area contributed by atoms with Gasteiger partial charge >= 0.3 is 0 Å². The van der Waals surface area contributed by atoms with Crippen LogP contribution in [-0.2, 0) is 18.0 Å². The van der Waals surface area contributed by atoms with Gasteiger partial charge in [0.05, 0.1) is 13.2 Å². The van der Waals surface area contributed by atoms with Crippen molar-refractivity contribution in [3.05, 3.63) is 58.1 Å². The van der Waals surface area contributed by atoms with E-state index in [0.29, 0.717) is 6.61 Å². The summed E-state index contributed by atoms with van der Waals surface area (Å²) in [7, 11) is 0. The fourth-order valence-electron chi connectivity index (χ4n) is 2.43. The molecule has 0 saturated carbocycles. The molecule has 0 bridgehead atoms. The molecule has 1 heterocycles. The van der Waals surface area contributed by atoms with Crippen molar-refractivity contribution in [1.29, 1.82) is 0 Å². The van der Waals surface area contributed by atoms with E-state index in [-0.39, 0.29) is 6.04 Å². The van der Waals surface area contributed by atoms with Crippen molar-refractivity contribution in [3.8, 4) is 11.1 Å². The van der Waals surface area contributed by atoms with Gasteiger partial charge in [0, 0.05) is 11.1 Å². The molecule has 2 aromatic carbocycles. The second-order valence-corrected chi connectivity index (χ2v) is 5.41. The van der Waals surface area contributed by atoms with Gasteiger partial charge in [0.2, 0.25) is 0 Å². The van der Waals surface area contributed by atoms with Gasteiger partial charge in [0.1, 0.15) is 0 Å². The summed E-state index contributed by atoms with van der Waals surface area (Å²) in [5.41, 5.74) is 11.7. The van der Waals surface area contributed by atoms with E-state index in [1.165, 1.54) is 16.7 Å². The SMILES string of the molecule is CC(N)c1ccc(-c2ccc3c(c2)COC3)cc1Cl. The topological polar surface area (TPSA) is 35.2 Å². The average molecular weight is 274 g/mol. The van der Waals surface area contributed by atoms with Crippen molar-refractivity contribution in [2.75, 3.05) is 0 Å². The molecule has 0 aliphatic carbocycles. The van der Waals surface area contributed by atoms with E-state index in [1.807, 2.05) is 19.1 Å². The highest BCUT2D eigenvalue weighted by Crippen LogP contribution is 2.31.